The molecule has 21 heavy (non-hydrogen) atoms. The Kier molecular flexibility index (Phi) is 5.04. The van der Waals surface area contributed by atoms with Gasteiger partial charge in [0.05, 0.1) is 19.3 Å². The quantitative estimate of drug-likeness (QED) is 0.815. The summed E-state index contributed by atoms with van der Waals surface area (Å²) in [5.41, 5.74) is 2.54. The minimum Gasteiger partial charge on any atom is -0.377 e. The summed E-state index contributed by atoms with van der Waals surface area (Å²) < 4.78 is 11.2. The van der Waals surface area contributed by atoms with Crippen LogP contribution < -0.4 is 5.32 Å². The Hall–Kier alpha value is -1.20. The predicted molar refractivity (Wildman–Crippen MR) is 81.7 cm³/mol. The van der Waals surface area contributed by atoms with Gasteiger partial charge >= 0.3 is 0 Å². The van der Waals surface area contributed by atoms with Gasteiger partial charge in [0.1, 0.15) is 11.6 Å². The highest BCUT2D eigenvalue weighted by Crippen LogP contribution is 2.25. The zero-order valence-electron chi connectivity index (χ0n) is 12.9. The van der Waals surface area contributed by atoms with Gasteiger partial charge in [-0.2, -0.15) is 0 Å². The molecule has 2 heterocycles. The Balaban J connectivity index is 1.47. The topological polar surface area (TPSA) is 56.3 Å². The van der Waals surface area contributed by atoms with Crippen molar-refractivity contribution in [3.63, 3.8) is 0 Å². The van der Waals surface area contributed by atoms with E-state index in [1.165, 1.54) is 30.5 Å². The molecule has 1 aromatic rings. The number of nitrogens with one attached hydrogen (secondary N) is 1. The number of nitrogens with zero attached hydrogens (tertiary/aromatic N) is 2. The van der Waals surface area contributed by atoms with Crippen LogP contribution >= 0.6 is 0 Å². The molecule has 0 aromatic carbocycles. The number of rotatable bonds is 6. The number of aromatic nitrogens is 2. The van der Waals surface area contributed by atoms with Crippen LogP contribution in [0.4, 0.5) is 5.82 Å². The van der Waals surface area contributed by atoms with Gasteiger partial charge in [0.15, 0.2) is 0 Å². The minimum atomic E-state index is 0.305. The molecule has 0 radical (unpaired) electrons. The molecule has 0 saturated carbocycles. The lowest BCUT2D eigenvalue weighted by Crippen LogP contribution is -2.19. The van der Waals surface area contributed by atoms with Gasteiger partial charge in [0.2, 0.25) is 0 Å². The van der Waals surface area contributed by atoms with Crippen molar-refractivity contribution in [2.75, 3.05) is 31.7 Å². The molecule has 1 saturated heterocycles. The van der Waals surface area contributed by atoms with E-state index in [4.69, 9.17) is 9.47 Å². The Labute approximate surface area is 126 Å². The van der Waals surface area contributed by atoms with Crippen molar-refractivity contribution >= 4 is 5.82 Å². The Morgan fingerprint density at radius 3 is 3.00 bits per heavy atom. The predicted octanol–water partition coefficient (Wildman–Crippen LogP) is 2.27. The molecule has 0 amide bonds. The normalized spacial score (nSPS) is 21.3. The van der Waals surface area contributed by atoms with Gasteiger partial charge in [0.25, 0.3) is 0 Å². The van der Waals surface area contributed by atoms with Crippen molar-refractivity contribution in [2.45, 2.75) is 51.6 Å². The van der Waals surface area contributed by atoms with Crippen LogP contribution in [-0.2, 0) is 22.3 Å². The molecule has 1 unspecified atom stereocenters. The lowest BCUT2D eigenvalue weighted by atomic mass is 9.96. The highest BCUT2D eigenvalue weighted by molar-refractivity contribution is 5.47. The lowest BCUT2D eigenvalue weighted by Gasteiger charge is -2.19. The second kappa shape index (κ2) is 7.18. The fraction of sp³-hybridized carbons (Fsp3) is 0.750. The molecule has 1 aliphatic heterocycles. The van der Waals surface area contributed by atoms with Crippen LogP contribution in [0, 0.1) is 6.92 Å². The average molecular weight is 291 g/mol. The van der Waals surface area contributed by atoms with E-state index in [2.05, 4.69) is 15.3 Å². The summed E-state index contributed by atoms with van der Waals surface area (Å²) >= 11 is 0. The highest BCUT2D eigenvalue weighted by atomic mass is 16.5. The molecule has 2 aliphatic rings. The van der Waals surface area contributed by atoms with Crippen LogP contribution in [0.5, 0.6) is 0 Å². The maximum absolute atomic E-state index is 5.68. The van der Waals surface area contributed by atoms with Crippen LogP contribution in [0.25, 0.3) is 0 Å². The van der Waals surface area contributed by atoms with E-state index in [1.807, 2.05) is 6.92 Å². The van der Waals surface area contributed by atoms with Crippen LogP contribution in [0.15, 0.2) is 0 Å². The third-order valence-corrected chi connectivity index (χ3v) is 4.16. The Morgan fingerprint density at radius 1 is 1.24 bits per heavy atom. The molecule has 116 valence electrons. The van der Waals surface area contributed by atoms with Crippen molar-refractivity contribution in [1.29, 1.82) is 0 Å². The van der Waals surface area contributed by atoms with E-state index in [9.17, 15) is 0 Å². The van der Waals surface area contributed by atoms with Crippen LogP contribution in [0.3, 0.4) is 0 Å². The molecule has 1 atom stereocenters. The second-order valence-corrected chi connectivity index (χ2v) is 5.89. The monoisotopic (exact) mass is 291 g/mol. The zero-order chi connectivity index (χ0) is 14.5. The van der Waals surface area contributed by atoms with E-state index in [0.717, 1.165) is 44.1 Å². The van der Waals surface area contributed by atoms with Crippen molar-refractivity contribution in [3.8, 4) is 0 Å². The largest absolute Gasteiger partial charge is 0.377 e. The van der Waals surface area contributed by atoms with Gasteiger partial charge in [0, 0.05) is 24.4 Å². The van der Waals surface area contributed by atoms with Gasteiger partial charge < -0.3 is 14.8 Å². The molecule has 1 aromatic heterocycles. The van der Waals surface area contributed by atoms with E-state index in [0.29, 0.717) is 19.3 Å². The van der Waals surface area contributed by atoms with Gasteiger partial charge in [-0.25, -0.2) is 9.97 Å². The van der Waals surface area contributed by atoms with Gasteiger partial charge in [-0.3, -0.25) is 0 Å². The zero-order valence-corrected chi connectivity index (χ0v) is 12.9. The third-order valence-electron chi connectivity index (χ3n) is 4.16. The molecule has 0 spiro atoms. The fourth-order valence-corrected chi connectivity index (χ4v) is 3.10. The van der Waals surface area contributed by atoms with E-state index < -0.39 is 0 Å². The SMILES string of the molecule is Cc1nc2c(c(NCCOCC3CCCO3)n1)CCCC2. The van der Waals surface area contributed by atoms with Crippen molar-refractivity contribution in [1.82, 2.24) is 9.97 Å². The molecule has 1 N–H and O–H groups in total. The van der Waals surface area contributed by atoms with Gasteiger partial charge in [-0.05, 0) is 45.4 Å². The highest BCUT2D eigenvalue weighted by Gasteiger charge is 2.17. The Bertz CT molecular complexity index is 473. The van der Waals surface area contributed by atoms with Crippen LogP contribution in [-0.4, -0.2) is 42.4 Å². The maximum atomic E-state index is 5.68. The van der Waals surface area contributed by atoms with E-state index in [-0.39, 0.29) is 0 Å². The molecule has 0 bridgehead atoms. The average Bonchev–Trinajstić information content (AvgIpc) is 3.00. The smallest absolute Gasteiger partial charge is 0.133 e. The first-order valence-corrected chi connectivity index (χ1v) is 8.12. The summed E-state index contributed by atoms with van der Waals surface area (Å²) in [6.07, 6.45) is 7.26. The molecule has 1 aliphatic carbocycles. The standard InChI is InChI=1S/C16H25N3O2/c1-12-18-15-7-3-2-6-14(15)16(19-12)17-8-10-20-11-13-5-4-9-21-13/h13H,2-11H2,1H3,(H,17,18,19). The molecule has 3 rings (SSSR count). The van der Waals surface area contributed by atoms with Crippen LogP contribution in [0.1, 0.15) is 42.8 Å². The maximum Gasteiger partial charge on any atom is 0.133 e. The number of ether oxygens (including phenoxy) is 2. The number of aryl methyl sites for hydroxylation is 2. The number of fused-ring (bicyclic) bond motifs is 1. The molecular formula is C16H25N3O2. The van der Waals surface area contributed by atoms with Crippen molar-refractivity contribution in [2.24, 2.45) is 0 Å². The summed E-state index contributed by atoms with van der Waals surface area (Å²) in [6, 6.07) is 0. The molecule has 1 fully saturated rings. The summed E-state index contributed by atoms with van der Waals surface area (Å²) in [7, 11) is 0. The van der Waals surface area contributed by atoms with Crippen molar-refractivity contribution < 1.29 is 9.47 Å². The minimum absolute atomic E-state index is 0.305. The molecule has 5 nitrogen and oxygen atoms in total. The number of anilines is 1. The second-order valence-electron chi connectivity index (χ2n) is 5.89. The van der Waals surface area contributed by atoms with E-state index in [1.54, 1.807) is 0 Å². The van der Waals surface area contributed by atoms with Crippen LogP contribution in [0.2, 0.25) is 0 Å². The first-order valence-electron chi connectivity index (χ1n) is 8.12. The van der Waals surface area contributed by atoms with E-state index >= 15 is 0 Å². The first-order chi connectivity index (χ1) is 10.3. The lowest BCUT2D eigenvalue weighted by molar-refractivity contribution is 0.0206. The summed E-state index contributed by atoms with van der Waals surface area (Å²) in [5, 5.41) is 3.42. The summed E-state index contributed by atoms with van der Waals surface area (Å²) in [4.78, 5) is 9.13. The fourth-order valence-electron chi connectivity index (χ4n) is 3.10. The summed E-state index contributed by atoms with van der Waals surface area (Å²) in [6.45, 7) is 5.04. The first kappa shape index (κ1) is 14.7. The third kappa shape index (κ3) is 3.92. The molecule has 5 heteroatoms. The number of hydrogen-bond acceptors (Lipinski definition) is 5. The van der Waals surface area contributed by atoms with Gasteiger partial charge in [-0.15, -0.1) is 0 Å². The molecular weight excluding hydrogens is 266 g/mol. The van der Waals surface area contributed by atoms with Gasteiger partial charge in [-0.1, -0.05) is 0 Å². The summed E-state index contributed by atoms with van der Waals surface area (Å²) in [5.74, 6) is 1.87. The Morgan fingerprint density at radius 2 is 2.14 bits per heavy atom. The van der Waals surface area contributed by atoms with Crippen molar-refractivity contribution in [3.05, 3.63) is 17.1 Å². The number of hydrogen-bond donors (Lipinski definition) is 1.